The molecule has 0 aliphatic heterocycles. The number of nitrogens with one attached hydrogen (secondary N) is 2. The average Bonchev–Trinajstić information content (AvgIpc) is 2.92. The van der Waals surface area contributed by atoms with Crippen LogP contribution in [-0.2, 0) is 4.79 Å². The fraction of sp³-hybridized carbons (Fsp3) is 0.0625. The highest BCUT2D eigenvalue weighted by molar-refractivity contribution is 5.93. The number of nitriles is 1. The molecule has 0 unspecified atom stereocenters. The van der Waals surface area contributed by atoms with E-state index in [2.05, 4.69) is 10.3 Å². The summed E-state index contributed by atoms with van der Waals surface area (Å²) in [6.45, 7) is -0.175. The van der Waals surface area contributed by atoms with Gasteiger partial charge in [-0.15, -0.1) is 0 Å². The Morgan fingerprint density at radius 1 is 1.26 bits per heavy atom. The van der Waals surface area contributed by atoms with Crippen LogP contribution in [0.1, 0.15) is 5.56 Å². The number of carbonyl (C=O) groups excluding carboxylic acids is 1. The van der Waals surface area contributed by atoms with E-state index >= 15 is 0 Å². The molecule has 0 fully saturated rings. The molecule has 1 amide bonds. The first kappa shape index (κ1) is 14.4. The first-order valence-corrected chi connectivity index (χ1v) is 6.70. The summed E-state index contributed by atoms with van der Waals surface area (Å²) in [5.74, 6) is -0.402. The topological polar surface area (TPSA) is 108 Å². The van der Waals surface area contributed by atoms with E-state index in [1.165, 1.54) is 0 Å². The number of aromatic nitrogens is 1. The van der Waals surface area contributed by atoms with Gasteiger partial charge in [0.1, 0.15) is 5.75 Å². The summed E-state index contributed by atoms with van der Waals surface area (Å²) in [6, 6.07) is 13.3. The van der Waals surface area contributed by atoms with Crippen molar-refractivity contribution >= 4 is 22.7 Å². The van der Waals surface area contributed by atoms with Crippen LogP contribution in [0.4, 0.5) is 5.69 Å². The number of anilines is 1. The molecule has 0 bridgehead atoms. The standard InChI is InChI=1S/C16H11N3O4/c17-8-10-1-4-12(5-2-10)22-9-15(20)18-11-3-6-14-13(7-11)19-16(21)23-14/h1-7H,9H2,(H,18,20)(H,19,21). The van der Waals surface area contributed by atoms with Crippen molar-refractivity contribution in [1.82, 2.24) is 4.98 Å². The van der Waals surface area contributed by atoms with Gasteiger partial charge in [-0.25, -0.2) is 4.79 Å². The van der Waals surface area contributed by atoms with Gasteiger partial charge in [-0.05, 0) is 42.5 Å². The van der Waals surface area contributed by atoms with Gasteiger partial charge in [-0.2, -0.15) is 5.26 Å². The monoisotopic (exact) mass is 309 g/mol. The number of fused-ring (bicyclic) bond motifs is 1. The third-order valence-corrected chi connectivity index (χ3v) is 3.06. The van der Waals surface area contributed by atoms with Crippen LogP contribution in [-0.4, -0.2) is 17.5 Å². The van der Waals surface area contributed by atoms with Crippen LogP contribution >= 0.6 is 0 Å². The van der Waals surface area contributed by atoms with E-state index in [-0.39, 0.29) is 12.5 Å². The SMILES string of the molecule is N#Cc1ccc(OCC(=O)Nc2ccc3oc(=O)[nH]c3c2)cc1. The molecule has 0 saturated carbocycles. The number of H-pyrrole nitrogens is 1. The lowest BCUT2D eigenvalue weighted by Crippen LogP contribution is -2.20. The molecule has 2 aromatic carbocycles. The smallest absolute Gasteiger partial charge is 0.417 e. The van der Waals surface area contributed by atoms with Gasteiger partial charge < -0.3 is 14.5 Å². The zero-order valence-corrected chi connectivity index (χ0v) is 11.8. The number of oxazole rings is 1. The van der Waals surface area contributed by atoms with Crippen LogP contribution in [0.3, 0.4) is 0 Å². The van der Waals surface area contributed by atoms with Gasteiger partial charge in [-0.3, -0.25) is 9.78 Å². The summed E-state index contributed by atoms with van der Waals surface area (Å²) in [5.41, 5.74) is 1.95. The van der Waals surface area contributed by atoms with Crippen LogP contribution in [0.25, 0.3) is 11.1 Å². The molecule has 23 heavy (non-hydrogen) atoms. The Morgan fingerprint density at radius 3 is 2.78 bits per heavy atom. The lowest BCUT2D eigenvalue weighted by Gasteiger charge is -2.07. The molecule has 7 nitrogen and oxygen atoms in total. The first-order chi connectivity index (χ1) is 11.1. The predicted octanol–water partition coefficient (Wildman–Crippen LogP) is 2.01. The predicted molar refractivity (Wildman–Crippen MR) is 82.1 cm³/mol. The van der Waals surface area contributed by atoms with E-state index in [0.717, 1.165) is 0 Å². The van der Waals surface area contributed by atoms with Crippen LogP contribution in [0.15, 0.2) is 51.7 Å². The van der Waals surface area contributed by atoms with Crippen LogP contribution < -0.4 is 15.8 Å². The molecular formula is C16H11N3O4. The summed E-state index contributed by atoms with van der Waals surface area (Å²) < 4.78 is 10.2. The number of aromatic amines is 1. The molecule has 1 aromatic heterocycles. The van der Waals surface area contributed by atoms with Crippen molar-refractivity contribution in [3.63, 3.8) is 0 Å². The molecule has 0 spiro atoms. The lowest BCUT2D eigenvalue weighted by molar-refractivity contribution is -0.118. The number of rotatable bonds is 4. The van der Waals surface area contributed by atoms with Crippen molar-refractivity contribution in [3.8, 4) is 11.8 Å². The second kappa shape index (κ2) is 6.07. The van der Waals surface area contributed by atoms with E-state index in [1.807, 2.05) is 6.07 Å². The van der Waals surface area contributed by atoms with E-state index in [1.54, 1.807) is 42.5 Å². The maximum absolute atomic E-state index is 11.9. The number of hydrogen-bond donors (Lipinski definition) is 2. The van der Waals surface area contributed by atoms with Crippen molar-refractivity contribution < 1.29 is 13.9 Å². The van der Waals surface area contributed by atoms with Gasteiger partial charge >= 0.3 is 5.76 Å². The molecule has 0 atom stereocenters. The summed E-state index contributed by atoms with van der Waals surface area (Å²) in [6.07, 6.45) is 0. The molecule has 114 valence electrons. The Labute approximate surface area is 130 Å². The van der Waals surface area contributed by atoms with E-state index in [9.17, 15) is 9.59 Å². The fourth-order valence-electron chi connectivity index (χ4n) is 2.00. The maximum atomic E-state index is 11.9. The molecular weight excluding hydrogens is 298 g/mol. The number of carbonyl (C=O) groups is 1. The normalized spacial score (nSPS) is 10.2. The summed E-state index contributed by atoms with van der Waals surface area (Å²) in [7, 11) is 0. The number of hydrogen-bond acceptors (Lipinski definition) is 5. The summed E-state index contributed by atoms with van der Waals surface area (Å²) in [4.78, 5) is 25.5. The van der Waals surface area contributed by atoms with Gasteiger partial charge in [0, 0.05) is 5.69 Å². The summed E-state index contributed by atoms with van der Waals surface area (Å²) >= 11 is 0. The van der Waals surface area contributed by atoms with Crippen LogP contribution in [0, 0.1) is 11.3 Å². The molecule has 2 N–H and O–H groups in total. The largest absolute Gasteiger partial charge is 0.484 e. The Morgan fingerprint density at radius 2 is 2.04 bits per heavy atom. The van der Waals surface area contributed by atoms with Crippen molar-refractivity contribution in [2.75, 3.05) is 11.9 Å². The minimum atomic E-state index is -0.548. The van der Waals surface area contributed by atoms with E-state index < -0.39 is 5.76 Å². The molecule has 3 aromatic rings. The first-order valence-electron chi connectivity index (χ1n) is 6.70. The number of ether oxygens (including phenoxy) is 1. The van der Waals surface area contributed by atoms with Gasteiger partial charge in [-0.1, -0.05) is 0 Å². The molecule has 0 aliphatic carbocycles. The fourth-order valence-corrected chi connectivity index (χ4v) is 2.00. The highest BCUT2D eigenvalue weighted by Crippen LogP contribution is 2.16. The Balaban J connectivity index is 1.61. The van der Waals surface area contributed by atoms with Gasteiger partial charge in [0.2, 0.25) is 0 Å². The quantitative estimate of drug-likeness (QED) is 0.766. The van der Waals surface area contributed by atoms with Crippen molar-refractivity contribution in [2.24, 2.45) is 0 Å². The Kier molecular flexibility index (Phi) is 3.80. The van der Waals surface area contributed by atoms with E-state index in [0.29, 0.717) is 28.1 Å². The van der Waals surface area contributed by atoms with Crippen molar-refractivity contribution in [2.45, 2.75) is 0 Å². The number of benzene rings is 2. The number of amides is 1. The Bertz CT molecular complexity index is 948. The Hall–Kier alpha value is -3.53. The van der Waals surface area contributed by atoms with E-state index in [4.69, 9.17) is 14.4 Å². The zero-order valence-electron chi connectivity index (χ0n) is 11.8. The van der Waals surface area contributed by atoms with Crippen molar-refractivity contribution in [1.29, 1.82) is 5.26 Å². The van der Waals surface area contributed by atoms with Crippen LogP contribution in [0.2, 0.25) is 0 Å². The maximum Gasteiger partial charge on any atom is 0.417 e. The van der Waals surface area contributed by atoms with Gasteiger partial charge in [0.05, 0.1) is 17.1 Å². The van der Waals surface area contributed by atoms with Gasteiger partial charge in [0.25, 0.3) is 5.91 Å². The highest BCUT2D eigenvalue weighted by Gasteiger charge is 2.06. The zero-order chi connectivity index (χ0) is 16.2. The average molecular weight is 309 g/mol. The number of nitrogens with zero attached hydrogens (tertiary/aromatic N) is 1. The molecule has 0 radical (unpaired) electrons. The van der Waals surface area contributed by atoms with Crippen molar-refractivity contribution in [3.05, 3.63) is 58.6 Å². The second-order valence-corrected chi connectivity index (χ2v) is 4.70. The summed E-state index contributed by atoms with van der Waals surface area (Å²) in [5, 5.41) is 11.4. The third kappa shape index (κ3) is 3.39. The van der Waals surface area contributed by atoms with Crippen LogP contribution in [0.5, 0.6) is 5.75 Å². The molecule has 0 aliphatic rings. The third-order valence-electron chi connectivity index (χ3n) is 3.06. The minimum Gasteiger partial charge on any atom is -0.484 e. The van der Waals surface area contributed by atoms with Gasteiger partial charge in [0.15, 0.2) is 12.2 Å². The molecule has 1 heterocycles. The second-order valence-electron chi connectivity index (χ2n) is 4.70. The highest BCUT2D eigenvalue weighted by atomic mass is 16.5. The minimum absolute atomic E-state index is 0.175. The molecule has 0 saturated heterocycles. The lowest BCUT2D eigenvalue weighted by atomic mass is 10.2. The molecule has 3 rings (SSSR count). The molecule has 7 heteroatoms.